The van der Waals surface area contributed by atoms with Crippen LogP contribution in [0.15, 0.2) is 42.7 Å². The molecule has 0 unspecified atom stereocenters. The van der Waals surface area contributed by atoms with Crippen LogP contribution in [0, 0.1) is 12.8 Å². The van der Waals surface area contributed by atoms with Crippen molar-refractivity contribution < 1.29 is 4.74 Å². The molecule has 164 valence electrons. The molecule has 4 rings (SSSR count). The van der Waals surface area contributed by atoms with Crippen molar-refractivity contribution in [3.8, 4) is 16.2 Å². The van der Waals surface area contributed by atoms with E-state index in [1.165, 1.54) is 52.3 Å². The summed E-state index contributed by atoms with van der Waals surface area (Å²) >= 11 is 1.78. The molecule has 4 nitrogen and oxygen atoms in total. The van der Waals surface area contributed by atoms with Crippen LogP contribution < -0.4 is 10.1 Å². The van der Waals surface area contributed by atoms with Crippen molar-refractivity contribution >= 4 is 17.2 Å². The molecule has 2 heterocycles. The van der Waals surface area contributed by atoms with Gasteiger partial charge in [-0.1, -0.05) is 26.0 Å². The summed E-state index contributed by atoms with van der Waals surface area (Å²) in [6.07, 6.45) is 8.91. The van der Waals surface area contributed by atoms with Crippen LogP contribution >= 0.6 is 11.3 Å². The largest absolute Gasteiger partial charge is 0.496 e. The molecule has 1 N–H and O–H groups in total. The first kappa shape index (κ1) is 21.8. The zero-order chi connectivity index (χ0) is 21.8. The second-order valence-corrected chi connectivity index (χ2v) is 10.0. The molecule has 3 aromatic rings. The highest BCUT2D eigenvalue weighted by atomic mass is 32.1. The summed E-state index contributed by atoms with van der Waals surface area (Å²) in [5.74, 6) is 3.79. The van der Waals surface area contributed by atoms with Gasteiger partial charge in [-0.05, 0) is 79.3 Å². The van der Waals surface area contributed by atoms with Gasteiger partial charge in [0.25, 0.3) is 0 Å². The first-order valence-corrected chi connectivity index (χ1v) is 12.2. The van der Waals surface area contributed by atoms with E-state index < -0.39 is 0 Å². The molecular weight excluding hydrogens is 402 g/mol. The number of ether oxygens (including phenoxy) is 1. The van der Waals surface area contributed by atoms with Crippen LogP contribution in [-0.2, 0) is 0 Å². The smallest absolute Gasteiger partial charge is 0.126 e. The van der Waals surface area contributed by atoms with Gasteiger partial charge in [-0.25, -0.2) is 9.97 Å². The number of hydrogen-bond acceptors (Lipinski definition) is 5. The summed E-state index contributed by atoms with van der Waals surface area (Å²) in [5.41, 5.74) is 3.89. The molecule has 1 aliphatic carbocycles. The number of aromatic nitrogens is 2. The Bertz CT molecular complexity index is 1010. The van der Waals surface area contributed by atoms with Crippen LogP contribution in [0.1, 0.15) is 67.5 Å². The van der Waals surface area contributed by atoms with Crippen molar-refractivity contribution in [3.05, 3.63) is 58.9 Å². The number of anilines is 1. The maximum Gasteiger partial charge on any atom is 0.126 e. The summed E-state index contributed by atoms with van der Waals surface area (Å²) in [6.45, 7) is 7.50. The first-order chi connectivity index (χ1) is 15.0. The highest BCUT2D eigenvalue weighted by Crippen LogP contribution is 2.37. The van der Waals surface area contributed by atoms with Gasteiger partial charge in [0, 0.05) is 24.9 Å². The molecule has 0 spiro atoms. The SMILES string of the molecule is COc1ccc([C@H]2CC[C@H](CNc3cc(-c4cnc(C(C)C)s4)ccn3)CC2)cc1C. The molecule has 1 saturated carbocycles. The number of benzene rings is 1. The topological polar surface area (TPSA) is 47.0 Å². The van der Waals surface area contributed by atoms with E-state index in [4.69, 9.17) is 4.74 Å². The fourth-order valence-electron chi connectivity index (χ4n) is 4.47. The molecule has 0 saturated heterocycles. The van der Waals surface area contributed by atoms with E-state index in [0.717, 1.165) is 18.1 Å². The molecule has 1 aliphatic rings. The minimum Gasteiger partial charge on any atom is -0.496 e. The lowest BCUT2D eigenvalue weighted by atomic mass is 9.78. The van der Waals surface area contributed by atoms with E-state index in [1.807, 2.05) is 12.4 Å². The Morgan fingerprint density at radius 2 is 1.90 bits per heavy atom. The monoisotopic (exact) mass is 435 g/mol. The van der Waals surface area contributed by atoms with Crippen molar-refractivity contribution in [2.45, 2.75) is 58.3 Å². The molecule has 0 radical (unpaired) electrons. The van der Waals surface area contributed by atoms with Crippen molar-refractivity contribution in [2.75, 3.05) is 19.0 Å². The molecule has 1 aromatic carbocycles. The average Bonchev–Trinajstić information content (AvgIpc) is 3.29. The highest BCUT2D eigenvalue weighted by molar-refractivity contribution is 7.15. The summed E-state index contributed by atoms with van der Waals surface area (Å²) in [7, 11) is 1.74. The average molecular weight is 436 g/mol. The molecule has 0 aliphatic heterocycles. The minimum atomic E-state index is 0.468. The Morgan fingerprint density at radius 3 is 2.58 bits per heavy atom. The van der Waals surface area contributed by atoms with E-state index >= 15 is 0 Å². The summed E-state index contributed by atoms with van der Waals surface area (Å²) in [5, 5.41) is 4.77. The standard InChI is InChI=1S/C26H33N3OS/c1-17(2)26-29-16-24(31-26)22-11-12-27-25(14-22)28-15-19-5-7-20(8-6-19)21-9-10-23(30-4)18(3)13-21/h9-14,16-17,19-20H,5-8,15H2,1-4H3,(H,27,28)/t19-,20-. The lowest BCUT2D eigenvalue weighted by Gasteiger charge is -2.29. The van der Waals surface area contributed by atoms with Crippen molar-refractivity contribution in [1.29, 1.82) is 0 Å². The van der Waals surface area contributed by atoms with Crippen molar-refractivity contribution in [3.63, 3.8) is 0 Å². The van der Waals surface area contributed by atoms with Gasteiger partial charge in [0.05, 0.1) is 17.0 Å². The number of rotatable bonds is 7. The van der Waals surface area contributed by atoms with Gasteiger partial charge < -0.3 is 10.1 Å². The van der Waals surface area contributed by atoms with E-state index in [2.05, 4.69) is 66.4 Å². The second kappa shape index (κ2) is 9.82. The molecule has 31 heavy (non-hydrogen) atoms. The summed E-state index contributed by atoms with van der Waals surface area (Å²) in [6, 6.07) is 10.9. The number of methoxy groups -OCH3 is 1. The van der Waals surface area contributed by atoms with Crippen molar-refractivity contribution in [2.24, 2.45) is 5.92 Å². The molecule has 2 aromatic heterocycles. The van der Waals surface area contributed by atoms with Crippen LogP contribution in [0.2, 0.25) is 0 Å². The third-order valence-electron chi connectivity index (χ3n) is 6.37. The van der Waals surface area contributed by atoms with Crippen LogP contribution in [-0.4, -0.2) is 23.6 Å². The van der Waals surface area contributed by atoms with E-state index in [9.17, 15) is 0 Å². The fraction of sp³-hybridized carbons (Fsp3) is 0.462. The maximum absolute atomic E-state index is 5.41. The highest BCUT2D eigenvalue weighted by Gasteiger charge is 2.23. The third kappa shape index (κ3) is 5.27. The number of pyridine rings is 1. The zero-order valence-corrected chi connectivity index (χ0v) is 19.8. The number of nitrogens with zero attached hydrogens (tertiary/aromatic N) is 2. The van der Waals surface area contributed by atoms with Crippen LogP contribution in [0.4, 0.5) is 5.82 Å². The Balaban J connectivity index is 1.31. The van der Waals surface area contributed by atoms with Crippen molar-refractivity contribution in [1.82, 2.24) is 9.97 Å². The minimum absolute atomic E-state index is 0.468. The maximum atomic E-state index is 5.41. The fourth-order valence-corrected chi connectivity index (χ4v) is 5.39. The summed E-state index contributed by atoms with van der Waals surface area (Å²) < 4.78 is 5.41. The summed E-state index contributed by atoms with van der Waals surface area (Å²) in [4.78, 5) is 10.3. The van der Waals surface area contributed by atoms with Gasteiger partial charge in [0.1, 0.15) is 11.6 Å². The van der Waals surface area contributed by atoms with Gasteiger partial charge in [-0.15, -0.1) is 11.3 Å². The molecule has 0 amide bonds. The number of nitrogens with one attached hydrogen (secondary N) is 1. The molecule has 0 bridgehead atoms. The normalized spacial score (nSPS) is 18.9. The number of thiazole rings is 1. The van der Waals surface area contributed by atoms with E-state index in [-0.39, 0.29) is 0 Å². The third-order valence-corrected chi connectivity index (χ3v) is 7.72. The Morgan fingerprint density at radius 1 is 1.10 bits per heavy atom. The first-order valence-electron chi connectivity index (χ1n) is 11.3. The van der Waals surface area contributed by atoms with E-state index in [0.29, 0.717) is 17.8 Å². The van der Waals surface area contributed by atoms with Crippen LogP contribution in [0.3, 0.4) is 0 Å². The molecule has 5 heteroatoms. The number of hydrogen-bond donors (Lipinski definition) is 1. The lowest BCUT2D eigenvalue weighted by Crippen LogP contribution is -2.21. The molecule has 0 atom stereocenters. The molecular formula is C26H33N3OS. The van der Waals surface area contributed by atoms with Crippen LogP contribution in [0.5, 0.6) is 5.75 Å². The quantitative estimate of drug-likeness (QED) is 0.433. The lowest BCUT2D eigenvalue weighted by molar-refractivity contribution is 0.338. The predicted molar refractivity (Wildman–Crippen MR) is 130 cm³/mol. The number of aryl methyl sites for hydroxylation is 1. The van der Waals surface area contributed by atoms with Gasteiger partial charge in [0.15, 0.2) is 0 Å². The van der Waals surface area contributed by atoms with Gasteiger partial charge in [0.2, 0.25) is 0 Å². The second-order valence-electron chi connectivity index (χ2n) is 8.97. The van der Waals surface area contributed by atoms with Gasteiger partial charge in [-0.3, -0.25) is 0 Å². The zero-order valence-electron chi connectivity index (χ0n) is 19.0. The predicted octanol–water partition coefficient (Wildman–Crippen LogP) is 7.03. The Kier molecular flexibility index (Phi) is 6.91. The van der Waals surface area contributed by atoms with Crippen LogP contribution in [0.25, 0.3) is 10.4 Å². The Labute approximate surface area is 190 Å². The Hall–Kier alpha value is -2.40. The van der Waals surface area contributed by atoms with Gasteiger partial charge in [-0.2, -0.15) is 0 Å². The molecule has 1 fully saturated rings. The van der Waals surface area contributed by atoms with Gasteiger partial charge >= 0.3 is 0 Å². The van der Waals surface area contributed by atoms with E-state index in [1.54, 1.807) is 18.4 Å².